The van der Waals surface area contributed by atoms with Crippen molar-refractivity contribution in [1.82, 2.24) is 10.3 Å². The van der Waals surface area contributed by atoms with Crippen molar-refractivity contribution in [2.24, 2.45) is 0 Å². The van der Waals surface area contributed by atoms with Gasteiger partial charge in [0.1, 0.15) is 5.75 Å². The van der Waals surface area contributed by atoms with Gasteiger partial charge in [0.25, 0.3) is 11.8 Å². The van der Waals surface area contributed by atoms with E-state index in [2.05, 4.69) is 15.6 Å². The van der Waals surface area contributed by atoms with E-state index >= 15 is 0 Å². The number of amides is 2. The van der Waals surface area contributed by atoms with Gasteiger partial charge in [-0.3, -0.25) is 9.59 Å². The van der Waals surface area contributed by atoms with Crippen molar-refractivity contribution in [3.63, 3.8) is 0 Å². The van der Waals surface area contributed by atoms with Crippen LogP contribution in [0.25, 0.3) is 10.9 Å². The normalized spacial score (nSPS) is 13.1. The number of anilines is 1. The molecule has 0 unspecified atom stereocenters. The first kappa shape index (κ1) is 14.3. The Hall–Kier alpha value is -3.28. The Labute approximate surface area is 137 Å². The lowest BCUT2D eigenvalue weighted by Gasteiger charge is -2.18. The van der Waals surface area contributed by atoms with Crippen LogP contribution in [-0.2, 0) is 11.3 Å². The molecule has 0 atom stereocenters. The second-order valence-corrected chi connectivity index (χ2v) is 5.63. The average molecular weight is 321 g/mol. The van der Waals surface area contributed by atoms with Crippen molar-refractivity contribution >= 4 is 28.4 Å². The molecule has 3 aromatic rings. The minimum atomic E-state index is -0.178. The van der Waals surface area contributed by atoms with Crippen molar-refractivity contribution in [2.45, 2.75) is 6.54 Å². The van der Waals surface area contributed by atoms with Crippen LogP contribution >= 0.6 is 0 Å². The summed E-state index contributed by atoms with van der Waals surface area (Å²) in [5.74, 6) is 0.314. The Morgan fingerprint density at radius 2 is 2.08 bits per heavy atom. The van der Waals surface area contributed by atoms with E-state index in [4.69, 9.17) is 4.74 Å². The summed E-state index contributed by atoms with van der Waals surface area (Å²) < 4.78 is 5.32. The molecule has 1 aliphatic rings. The van der Waals surface area contributed by atoms with Crippen LogP contribution in [-0.4, -0.2) is 23.4 Å². The second kappa shape index (κ2) is 5.73. The predicted octanol–water partition coefficient (Wildman–Crippen LogP) is 2.43. The van der Waals surface area contributed by atoms with Crippen molar-refractivity contribution in [3.05, 3.63) is 59.8 Å². The summed E-state index contributed by atoms with van der Waals surface area (Å²) in [6.07, 6.45) is 1.84. The molecule has 6 nitrogen and oxygen atoms in total. The number of ether oxygens (including phenoxy) is 1. The van der Waals surface area contributed by atoms with E-state index < -0.39 is 0 Å². The molecule has 2 amide bonds. The van der Waals surface area contributed by atoms with Crippen molar-refractivity contribution in [3.8, 4) is 5.75 Å². The van der Waals surface area contributed by atoms with Crippen molar-refractivity contribution in [2.75, 3.05) is 11.9 Å². The molecule has 4 rings (SSSR count). The average Bonchev–Trinajstić information content (AvgIpc) is 3.06. The van der Waals surface area contributed by atoms with Crippen LogP contribution in [0.2, 0.25) is 0 Å². The van der Waals surface area contributed by atoms with Crippen molar-refractivity contribution < 1.29 is 14.3 Å². The minimum absolute atomic E-state index is 0.0320. The van der Waals surface area contributed by atoms with Gasteiger partial charge in [0.15, 0.2) is 6.61 Å². The van der Waals surface area contributed by atoms with Gasteiger partial charge in [-0.05, 0) is 41.3 Å². The number of carbonyl (C=O) groups excluding carboxylic acids is 2. The molecule has 24 heavy (non-hydrogen) atoms. The fourth-order valence-corrected chi connectivity index (χ4v) is 2.71. The molecule has 0 fully saturated rings. The number of nitrogens with one attached hydrogen (secondary N) is 3. The number of carbonyl (C=O) groups is 2. The van der Waals surface area contributed by atoms with E-state index in [1.54, 1.807) is 18.2 Å². The first-order valence-electron chi connectivity index (χ1n) is 7.60. The number of fused-ring (bicyclic) bond motifs is 2. The van der Waals surface area contributed by atoms with Gasteiger partial charge < -0.3 is 20.4 Å². The highest BCUT2D eigenvalue weighted by Gasteiger charge is 2.16. The summed E-state index contributed by atoms with van der Waals surface area (Å²) in [5.41, 5.74) is 3.04. The summed E-state index contributed by atoms with van der Waals surface area (Å²) in [6, 6.07) is 13.0. The van der Waals surface area contributed by atoms with Crippen LogP contribution < -0.4 is 15.4 Å². The molecule has 0 saturated heterocycles. The Morgan fingerprint density at radius 3 is 3.00 bits per heavy atom. The molecule has 2 aromatic carbocycles. The number of rotatable bonds is 3. The zero-order valence-electron chi connectivity index (χ0n) is 12.8. The van der Waals surface area contributed by atoms with Gasteiger partial charge in [-0.1, -0.05) is 12.1 Å². The lowest BCUT2D eigenvalue weighted by atomic mass is 10.1. The molecule has 0 aliphatic carbocycles. The smallest absolute Gasteiger partial charge is 0.262 e. The molecule has 120 valence electrons. The maximum Gasteiger partial charge on any atom is 0.262 e. The predicted molar refractivity (Wildman–Crippen MR) is 90.0 cm³/mol. The van der Waals surface area contributed by atoms with Gasteiger partial charge in [-0.2, -0.15) is 0 Å². The molecule has 1 aliphatic heterocycles. The highest BCUT2D eigenvalue weighted by molar-refractivity contribution is 5.98. The third kappa shape index (κ3) is 2.69. The lowest BCUT2D eigenvalue weighted by Crippen LogP contribution is -2.26. The zero-order valence-corrected chi connectivity index (χ0v) is 12.8. The first-order chi connectivity index (χ1) is 11.7. The van der Waals surface area contributed by atoms with E-state index in [-0.39, 0.29) is 18.4 Å². The molecular weight excluding hydrogens is 306 g/mol. The first-order valence-corrected chi connectivity index (χ1v) is 7.60. The monoisotopic (exact) mass is 321 g/mol. The van der Waals surface area contributed by atoms with Crippen LogP contribution in [0.1, 0.15) is 15.9 Å². The van der Waals surface area contributed by atoms with Crippen LogP contribution in [0.5, 0.6) is 5.75 Å². The van der Waals surface area contributed by atoms with Crippen LogP contribution in [0.15, 0.2) is 48.7 Å². The molecule has 2 heterocycles. The molecule has 1 aromatic heterocycles. The molecular formula is C18H15N3O3. The van der Waals surface area contributed by atoms with E-state index in [0.717, 1.165) is 16.5 Å². The van der Waals surface area contributed by atoms with E-state index in [9.17, 15) is 9.59 Å². The molecule has 3 N–H and O–H groups in total. The van der Waals surface area contributed by atoms with Gasteiger partial charge >= 0.3 is 0 Å². The molecule has 0 radical (unpaired) electrons. The minimum Gasteiger partial charge on any atom is -0.482 e. The third-order valence-electron chi connectivity index (χ3n) is 3.95. The molecule has 0 bridgehead atoms. The maximum absolute atomic E-state index is 12.3. The highest BCUT2D eigenvalue weighted by atomic mass is 16.5. The summed E-state index contributed by atoms with van der Waals surface area (Å²) in [5, 5.41) is 6.71. The quantitative estimate of drug-likeness (QED) is 0.693. The number of hydrogen-bond donors (Lipinski definition) is 3. The summed E-state index contributed by atoms with van der Waals surface area (Å²) in [6.45, 7) is 0.398. The highest BCUT2D eigenvalue weighted by Crippen LogP contribution is 2.28. The van der Waals surface area contributed by atoms with Gasteiger partial charge in [-0.15, -0.1) is 0 Å². The Balaban J connectivity index is 1.47. The fourth-order valence-electron chi connectivity index (χ4n) is 2.71. The van der Waals surface area contributed by atoms with E-state index in [1.165, 1.54) is 0 Å². The molecule has 0 spiro atoms. The van der Waals surface area contributed by atoms with Crippen molar-refractivity contribution in [1.29, 1.82) is 0 Å². The SMILES string of the molecule is O=C1COc2ccc(CNC(=O)c3ccc4cc[nH]c4c3)cc2N1. The summed E-state index contributed by atoms with van der Waals surface area (Å²) in [7, 11) is 0. The molecule has 0 saturated carbocycles. The van der Waals surface area contributed by atoms with E-state index in [1.807, 2.05) is 30.5 Å². The lowest BCUT2D eigenvalue weighted by molar-refractivity contribution is -0.118. The Kier molecular flexibility index (Phi) is 3.42. The number of aromatic nitrogens is 1. The topological polar surface area (TPSA) is 83.2 Å². The van der Waals surface area contributed by atoms with Gasteiger partial charge in [0.05, 0.1) is 5.69 Å². The largest absolute Gasteiger partial charge is 0.482 e. The number of benzene rings is 2. The molecule has 6 heteroatoms. The Morgan fingerprint density at radius 1 is 1.17 bits per heavy atom. The van der Waals surface area contributed by atoms with Gasteiger partial charge in [0.2, 0.25) is 0 Å². The van der Waals surface area contributed by atoms with Crippen LogP contribution in [0, 0.1) is 0 Å². The third-order valence-corrected chi connectivity index (χ3v) is 3.95. The van der Waals surface area contributed by atoms with Crippen LogP contribution in [0.3, 0.4) is 0 Å². The standard InChI is InChI=1S/C18H15N3O3/c22-17-10-24-16-4-1-11(7-15(16)21-17)9-20-18(23)13-3-2-12-5-6-19-14(12)8-13/h1-8,19H,9-10H2,(H,20,23)(H,21,22). The summed E-state index contributed by atoms with van der Waals surface area (Å²) in [4.78, 5) is 26.8. The number of hydrogen-bond acceptors (Lipinski definition) is 3. The van der Waals surface area contributed by atoms with Gasteiger partial charge in [-0.25, -0.2) is 0 Å². The number of aromatic amines is 1. The summed E-state index contributed by atoms with van der Waals surface area (Å²) >= 11 is 0. The zero-order chi connectivity index (χ0) is 16.5. The number of H-pyrrole nitrogens is 1. The van der Waals surface area contributed by atoms with Gasteiger partial charge in [0, 0.05) is 23.8 Å². The Bertz CT molecular complexity index is 946. The van der Waals surface area contributed by atoms with Crippen LogP contribution in [0.4, 0.5) is 5.69 Å². The second-order valence-electron chi connectivity index (χ2n) is 5.63. The van der Waals surface area contributed by atoms with E-state index in [0.29, 0.717) is 23.5 Å². The maximum atomic E-state index is 12.3. The fraction of sp³-hybridized carbons (Fsp3) is 0.111.